The van der Waals surface area contributed by atoms with Gasteiger partial charge in [0.05, 0.1) is 6.42 Å². The normalized spacial score (nSPS) is 12.1. The standard InChI is InChI=1S/C10H19NO4/c1-3-15-6-4-5-9(12)11-8(2)7-10(13)14/h8H,3-7H2,1-2H3,(H,11,12)(H,13,14). The van der Waals surface area contributed by atoms with Gasteiger partial charge in [0.25, 0.3) is 0 Å². The zero-order chi connectivity index (χ0) is 11.7. The van der Waals surface area contributed by atoms with E-state index in [0.29, 0.717) is 26.1 Å². The van der Waals surface area contributed by atoms with Crippen LogP contribution in [-0.2, 0) is 14.3 Å². The van der Waals surface area contributed by atoms with Crippen molar-refractivity contribution in [3.63, 3.8) is 0 Å². The monoisotopic (exact) mass is 217 g/mol. The molecule has 15 heavy (non-hydrogen) atoms. The predicted molar refractivity (Wildman–Crippen MR) is 55.6 cm³/mol. The topological polar surface area (TPSA) is 75.6 Å². The van der Waals surface area contributed by atoms with Crippen LogP contribution in [0, 0.1) is 0 Å². The molecule has 0 aliphatic carbocycles. The number of carboxylic acids is 1. The number of amides is 1. The molecule has 0 bridgehead atoms. The highest BCUT2D eigenvalue weighted by molar-refractivity contribution is 5.77. The first-order valence-electron chi connectivity index (χ1n) is 5.15. The van der Waals surface area contributed by atoms with Crippen LogP contribution in [0.1, 0.15) is 33.1 Å². The van der Waals surface area contributed by atoms with Gasteiger partial charge in [0.15, 0.2) is 0 Å². The van der Waals surface area contributed by atoms with Crippen LogP contribution in [0.3, 0.4) is 0 Å². The Kier molecular flexibility index (Phi) is 7.62. The molecule has 0 saturated carbocycles. The molecule has 2 N–H and O–H groups in total. The second-order valence-corrected chi connectivity index (χ2v) is 3.37. The van der Waals surface area contributed by atoms with Gasteiger partial charge >= 0.3 is 5.97 Å². The molecule has 88 valence electrons. The third-order valence-electron chi connectivity index (χ3n) is 1.78. The van der Waals surface area contributed by atoms with E-state index in [1.165, 1.54) is 0 Å². The van der Waals surface area contributed by atoms with Gasteiger partial charge in [-0.25, -0.2) is 0 Å². The van der Waals surface area contributed by atoms with E-state index in [-0.39, 0.29) is 18.4 Å². The summed E-state index contributed by atoms with van der Waals surface area (Å²) >= 11 is 0. The lowest BCUT2D eigenvalue weighted by molar-refractivity contribution is -0.137. The molecular weight excluding hydrogens is 198 g/mol. The van der Waals surface area contributed by atoms with Crippen LogP contribution in [0.5, 0.6) is 0 Å². The van der Waals surface area contributed by atoms with Crippen molar-refractivity contribution in [2.45, 2.75) is 39.2 Å². The van der Waals surface area contributed by atoms with Gasteiger partial charge in [-0.05, 0) is 20.3 Å². The smallest absolute Gasteiger partial charge is 0.305 e. The van der Waals surface area contributed by atoms with E-state index in [9.17, 15) is 9.59 Å². The van der Waals surface area contributed by atoms with Gasteiger partial charge in [0.2, 0.25) is 5.91 Å². The minimum Gasteiger partial charge on any atom is -0.481 e. The Labute approximate surface area is 89.8 Å². The second-order valence-electron chi connectivity index (χ2n) is 3.37. The number of carbonyl (C=O) groups is 2. The van der Waals surface area contributed by atoms with Gasteiger partial charge in [0.1, 0.15) is 0 Å². The Morgan fingerprint density at radius 2 is 2.13 bits per heavy atom. The SMILES string of the molecule is CCOCCCC(=O)NC(C)CC(=O)O. The van der Waals surface area contributed by atoms with E-state index < -0.39 is 5.97 Å². The van der Waals surface area contributed by atoms with Crippen molar-refractivity contribution >= 4 is 11.9 Å². The lowest BCUT2D eigenvalue weighted by Crippen LogP contribution is -2.34. The quantitative estimate of drug-likeness (QED) is 0.589. The fraction of sp³-hybridized carbons (Fsp3) is 0.800. The number of ether oxygens (including phenoxy) is 1. The van der Waals surface area contributed by atoms with Crippen LogP contribution in [-0.4, -0.2) is 36.2 Å². The van der Waals surface area contributed by atoms with Gasteiger partial charge in [-0.1, -0.05) is 0 Å². The first-order chi connectivity index (χ1) is 7.06. The first-order valence-corrected chi connectivity index (χ1v) is 5.15. The number of carbonyl (C=O) groups excluding carboxylic acids is 1. The molecule has 0 spiro atoms. The van der Waals surface area contributed by atoms with E-state index in [2.05, 4.69) is 5.32 Å². The molecule has 0 heterocycles. The van der Waals surface area contributed by atoms with Crippen molar-refractivity contribution in [3.8, 4) is 0 Å². The number of hydrogen-bond acceptors (Lipinski definition) is 3. The molecule has 0 aromatic carbocycles. The van der Waals surface area contributed by atoms with E-state index in [0.717, 1.165) is 0 Å². The van der Waals surface area contributed by atoms with Gasteiger partial charge < -0.3 is 15.2 Å². The summed E-state index contributed by atoms with van der Waals surface area (Å²) < 4.78 is 5.08. The Morgan fingerprint density at radius 3 is 2.67 bits per heavy atom. The fourth-order valence-electron chi connectivity index (χ4n) is 1.14. The third-order valence-corrected chi connectivity index (χ3v) is 1.78. The average Bonchev–Trinajstić information content (AvgIpc) is 2.10. The molecule has 0 rings (SSSR count). The number of hydrogen-bond donors (Lipinski definition) is 2. The van der Waals surface area contributed by atoms with Crippen LogP contribution in [0.2, 0.25) is 0 Å². The lowest BCUT2D eigenvalue weighted by atomic mass is 10.2. The molecule has 0 aromatic rings. The second kappa shape index (κ2) is 8.23. The summed E-state index contributed by atoms with van der Waals surface area (Å²) in [6.07, 6.45) is 1.00. The number of carboxylic acid groups (broad SMARTS) is 1. The van der Waals surface area contributed by atoms with Gasteiger partial charge in [-0.15, -0.1) is 0 Å². The summed E-state index contributed by atoms with van der Waals surface area (Å²) in [5.41, 5.74) is 0. The van der Waals surface area contributed by atoms with Crippen molar-refractivity contribution in [1.29, 1.82) is 0 Å². The Hall–Kier alpha value is -1.10. The summed E-state index contributed by atoms with van der Waals surface area (Å²) in [5.74, 6) is -1.03. The Bertz CT molecular complexity index is 206. The molecule has 5 heteroatoms. The van der Waals surface area contributed by atoms with Gasteiger partial charge in [-0.3, -0.25) is 9.59 Å². The van der Waals surface area contributed by atoms with Crippen LogP contribution in [0.15, 0.2) is 0 Å². The van der Waals surface area contributed by atoms with E-state index in [4.69, 9.17) is 9.84 Å². The van der Waals surface area contributed by atoms with Gasteiger partial charge in [-0.2, -0.15) is 0 Å². The van der Waals surface area contributed by atoms with E-state index in [1.807, 2.05) is 6.92 Å². The zero-order valence-electron chi connectivity index (χ0n) is 9.28. The molecule has 5 nitrogen and oxygen atoms in total. The summed E-state index contributed by atoms with van der Waals surface area (Å²) in [6.45, 7) is 4.79. The highest BCUT2D eigenvalue weighted by atomic mass is 16.5. The van der Waals surface area contributed by atoms with Gasteiger partial charge in [0, 0.05) is 25.7 Å². The average molecular weight is 217 g/mol. The number of aliphatic carboxylic acids is 1. The molecule has 0 radical (unpaired) electrons. The summed E-state index contributed by atoms with van der Waals surface area (Å²) in [5, 5.41) is 11.1. The van der Waals surface area contributed by atoms with Crippen molar-refractivity contribution in [2.24, 2.45) is 0 Å². The molecule has 1 amide bonds. The molecule has 1 unspecified atom stereocenters. The minimum absolute atomic E-state index is 0.0444. The number of nitrogens with one attached hydrogen (secondary N) is 1. The van der Waals surface area contributed by atoms with E-state index >= 15 is 0 Å². The third kappa shape index (κ3) is 9.21. The van der Waals surface area contributed by atoms with Crippen LogP contribution >= 0.6 is 0 Å². The van der Waals surface area contributed by atoms with Crippen molar-refractivity contribution < 1.29 is 19.4 Å². The lowest BCUT2D eigenvalue weighted by Gasteiger charge is -2.11. The summed E-state index contributed by atoms with van der Waals surface area (Å²) in [7, 11) is 0. The van der Waals surface area contributed by atoms with Crippen molar-refractivity contribution in [3.05, 3.63) is 0 Å². The Morgan fingerprint density at radius 1 is 1.47 bits per heavy atom. The fourth-order valence-corrected chi connectivity index (χ4v) is 1.14. The molecular formula is C10H19NO4. The van der Waals surface area contributed by atoms with Crippen LogP contribution in [0.4, 0.5) is 0 Å². The number of rotatable bonds is 8. The predicted octanol–water partition coefficient (Wildman–Crippen LogP) is 0.782. The maximum absolute atomic E-state index is 11.2. The molecule has 0 aliphatic rings. The Balaban J connectivity index is 3.51. The molecule has 0 aliphatic heterocycles. The molecule has 0 fully saturated rings. The highest BCUT2D eigenvalue weighted by Crippen LogP contribution is 1.94. The highest BCUT2D eigenvalue weighted by Gasteiger charge is 2.10. The van der Waals surface area contributed by atoms with Crippen LogP contribution < -0.4 is 5.32 Å². The largest absolute Gasteiger partial charge is 0.481 e. The minimum atomic E-state index is -0.905. The zero-order valence-corrected chi connectivity index (χ0v) is 9.28. The molecule has 1 atom stereocenters. The van der Waals surface area contributed by atoms with Crippen LogP contribution in [0.25, 0.3) is 0 Å². The molecule has 0 aromatic heterocycles. The molecule has 0 saturated heterocycles. The first kappa shape index (κ1) is 13.9. The van der Waals surface area contributed by atoms with E-state index in [1.54, 1.807) is 6.92 Å². The summed E-state index contributed by atoms with van der Waals surface area (Å²) in [6, 6.07) is -0.318. The van der Waals surface area contributed by atoms with Crippen molar-refractivity contribution in [2.75, 3.05) is 13.2 Å². The maximum atomic E-state index is 11.2. The maximum Gasteiger partial charge on any atom is 0.305 e. The van der Waals surface area contributed by atoms with Crippen molar-refractivity contribution in [1.82, 2.24) is 5.32 Å². The summed E-state index contributed by atoms with van der Waals surface area (Å²) in [4.78, 5) is 21.6.